The van der Waals surface area contributed by atoms with E-state index in [-0.39, 0.29) is 5.41 Å². The van der Waals surface area contributed by atoms with E-state index in [1.165, 1.54) is 31.2 Å². The molecular weight excluding hydrogens is 248 g/mol. The van der Waals surface area contributed by atoms with Crippen LogP contribution in [-0.2, 0) is 6.42 Å². The van der Waals surface area contributed by atoms with E-state index < -0.39 is 0 Å². The molecule has 3 heteroatoms. The summed E-state index contributed by atoms with van der Waals surface area (Å²) in [6.45, 7) is 7.27. The zero-order valence-electron chi connectivity index (χ0n) is 13.3. The van der Waals surface area contributed by atoms with Crippen molar-refractivity contribution in [3.63, 3.8) is 0 Å². The molecule has 1 saturated carbocycles. The molecule has 1 fully saturated rings. The molecule has 0 aromatic carbocycles. The summed E-state index contributed by atoms with van der Waals surface area (Å²) < 4.78 is 5.52. The third kappa shape index (κ3) is 2.98. The summed E-state index contributed by atoms with van der Waals surface area (Å²) >= 11 is 0. The highest BCUT2D eigenvalue weighted by Gasteiger charge is 2.34. The van der Waals surface area contributed by atoms with Gasteiger partial charge in [0.2, 0.25) is 0 Å². The van der Waals surface area contributed by atoms with E-state index in [1.54, 1.807) is 7.11 Å². The lowest BCUT2D eigenvalue weighted by molar-refractivity contribution is 0.161. The molecule has 0 unspecified atom stereocenters. The van der Waals surface area contributed by atoms with Gasteiger partial charge in [0.1, 0.15) is 5.75 Å². The fourth-order valence-corrected chi connectivity index (χ4v) is 3.43. The fourth-order valence-electron chi connectivity index (χ4n) is 3.43. The van der Waals surface area contributed by atoms with Crippen LogP contribution in [0.1, 0.15) is 49.4 Å². The van der Waals surface area contributed by atoms with E-state index in [1.807, 2.05) is 13.1 Å². The average Bonchev–Trinajstić information content (AvgIpc) is 2.45. The van der Waals surface area contributed by atoms with Crippen molar-refractivity contribution in [2.24, 2.45) is 17.1 Å². The van der Waals surface area contributed by atoms with Crippen LogP contribution in [0, 0.1) is 25.2 Å². The van der Waals surface area contributed by atoms with Crippen molar-refractivity contribution in [3.05, 3.63) is 23.0 Å². The van der Waals surface area contributed by atoms with Gasteiger partial charge in [-0.1, -0.05) is 19.8 Å². The van der Waals surface area contributed by atoms with Gasteiger partial charge >= 0.3 is 0 Å². The van der Waals surface area contributed by atoms with E-state index in [0.717, 1.165) is 35.9 Å². The SMILES string of the molecule is COc1c(C)cnc(CC2(CN)CCC(C)CC2)c1C. The smallest absolute Gasteiger partial charge is 0.128 e. The Morgan fingerprint density at radius 2 is 2.00 bits per heavy atom. The minimum Gasteiger partial charge on any atom is -0.496 e. The van der Waals surface area contributed by atoms with Crippen LogP contribution in [0.2, 0.25) is 0 Å². The number of nitrogens with two attached hydrogens (primary N) is 1. The first-order chi connectivity index (χ1) is 9.51. The van der Waals surface area contributed by atoms with Crippen LogP contribution in [0.5, 0.6) is 5.75 Å². The molecule has 3 nitrogen and oxygen atoms in total. The van der Waals surface area contributed by atoms with E-state index >= 15 is 0 Å². The Kier molecular flexibility index (Phi) is 4.69. The Labute approximate surface area is 122 Å². The second kappa shape index (κ2) is 6.13. The van der Waals surface area contributed by atoms with Crippen LogP contribution in [0.4, 0.5) is 0 Å². The molecule has 0 atom stereocenters. The van der Waals surface area contributed by atoms with Crippen LogP contribution in [0.15, 0.2) is 6.20 Å². The van der Waals surface area contributed by atoms with Gasteiger partial charge in [-0.05, 0) is 51.0 Å². The third-order valence-electron chi connectivity index (χ3n) is 5.06. The molecule has 0 amide bonds. The minimum atomic E-state index is 0.241. The molecule has 0 radical (unpaired) electrons. The van der Waals surface area contributed by atoms with Crippen LogP contribution in [0.25, 0.3) is 0 Å². The number of ether oxygens (including phenoxy) is 1. The Bertz CT molecular complexity index is 462. The number of hydrogen-bond donors (Lipinski definition) is 1. The Hall–Kier alpha value is -1.09. The Morgan fingerprint density at radius 1 is 1.35 bits per heavy atom. The molecule has 0 aliphatic heterocycles. The predicted molar refractivity (Wildman–Crippen MR) is 83.1 cm³/mol. The van der Waals surface area contributed by atoms with Crippen LogP contribution < -0.4 is 10.5 Å². The minimum absolute atomic E-state index is 0.241. The number of methoxy groups -OCH3 is 1. The van der Waals surface area contributed by atoms with E-state index in [4.69, 9.17) is 10.5 Å². The first-order valence-electron chi connectivity index (χ1n) is 7.70. The molecule has 1 aromatic heterocycles. The molecule has 2 N–H and O–H groups in total. The van der Waals surface area contributed by atoms with Gasteiger partial charge in [-0.3, -0.25) is 4.98 Å². The molecule has 2 rings (SSSR count). The summed E-state index contributed by atoms with van der Waals surface area (Å²) in [4.78, 5) is 4.66. The molecule has 0 spiro atoms. The second-order valence-corrected chi connectivity index (χ2v) is 6.61. The molecule has 20 heavy (non-hydrogen) atoms. The first-order valence-corrected chi connectivity index (χ1v) is 7.70. The first kappa shape index (κ1) is 15.3. The highest BCUT2D eigenvalue weighted by atomic mass is 16.5. The van der Waals surface area contributed by atoms with Crippen molar-refractivity contribution in [1.82, 2.24) is 4.98 Å². The monoisotopic (exact) mass is 276 g/mol. The summed E-state index contributed by atoms with van der Waals surface area (Å²) in [6, 6.07) is 0. The summed E-state index contributed by atoms with van der Waals surface area (Å²) in [5.41, 5.74) is 9.81. The maximum absolute atomic E-state index is 6.12. The van der Waals surface area contributed by atoms with Crippen molar-refractivity contribution in [2.45, 2.75) is 52.9 Å². The predicted octanol–water partition coefficient (Wildman–Crippen LogP) is 3.40. The normalized spacial score (nSPS) is 26.6. The molecule has 112 valence electrons. The maximum Gasteiger partial charge on any atom is 0.128 e. The van der Waals surface area contributed by atoms with Gasteiger partial charge in [-0.15, -0.1) is 0 Å². The molecule has 1 heterocycles. The lowest BCUT2D eigenvalue weighted by Gasteiger charge is -2.39. The fraction of sp³-hybridized carbons (Fsp3) is 0.706. The van der Waals surface area contributed by atoms with Crippen LogP contribution in [-0.4, -0.2) is 18.6 Å². The summed E-state index contributed by atoms with van der Waals surface area (Å²) in [5.74, 6) is 1.82. The summed E-state index contributed by atoms with van der Waals surface area (Å²) in [6.07, 6.45) is 7.94. The molecule has 1 aliphatic carbocycles. The zero-order valence-corrected chi connectivity index (χ0v) is 13.3. The number of nitrogens with zero attached hydrogens (tertiary/aromatic N) is 1. The topological polar surface area (TPSA) is 48.1 Å². The largest absolute Gasteiger partial charge is 0.496 e. The lowest BCUT2D eigenvalue weighted by Crippen LogP contribution is -2.37. The number of rotatable bonds is 4. The molecular formula is C17H28N2O. The van der Waals surface area contributed by atoms with Gasteiger partial charge < -0.3 is 10.5 Å². The Morgan fingerprint density at radius 3 is 2.55 bits per heavy atom. The van der Waals surface area contributed by atoms with Crippen molar-refractivity contribution in [3.8, 4) is 5.75 Å². The van der Waals surface area contributed by atoms with Crippen LogP contribution >= 0.6 is 0 Å². The zero-order chi connectivity index (χ0) is 14.8. The lowest BCUT2D eigenvalue weighted by atomic mass is 9.68. The third-order valence-corrected chi connectivity index (χ3v) is 5.06. The van der Waals surface area contributed by atoms with E-state index in [9.17, 15) is 0 Å². The maximum atomic E-state index is 6.12. The number of hydrogen-bond acceptors (Lipinski definition) is 3. The van der Waals surface area contributed by atoms with E-state index in [0.29, 0.717) is 0 Å². The second-order valence-electron chi connectivity index (χ2n) is 6.61. The van der Waals surface area contributed by atoms with Crippen molar-refractivity contribution >= 4 is 0 Å². The highest BCUT2D eigenvalue weighted by Crippen LogP contribution is 2.41. The average molecular weight is 276 g/mol. The van der Waals surface area contributed by atoms with Gasteiger partial charge in [-0.2, -0.15) is 0 Å². The van der Waals surface area contributed by atoms with Crippen molar-refractivity contribution in [1.29, 1.82) is 0 Å². The quantitative estimate of drug-likeness (QED) is 0.917. The number of aryl methyl sites for hydroxylation is 1. The van der Waals surface area contributed by atoms with Gasteiger partial charge in [-0.25, -0.2) is 0 Å². The molecule has 0 bridgehead atoms. The van der Waals surface area contributed by atoms with Gasteiger partial charge in [0, 0.05) is 23.0 Å². The highest BCUT2D eigenvalue weighted by molar-refractivity contribution is 5.41. The summed E-state index contributed by atoms with van der Waals surface area (Å²) in [5, 5.41) is 0. The Balaban J connectivity index is 2.24. The number of pyridine rings is 1. The molecule has 1 aromatic rings. The molecule has 1 aliphatic rings. The van der Waals surface area contributed by atoms with Crippen molar-refractivity contribution in [2.75, 3.05) is 13.7 Å². The van der Waals surface area contributed by atoms with Crippen LogP contribution in [0.3, 0.4) is 0 Å². The van der Waals surface area contributed by atoms with Crippen molar-refractivity contribution < 1.29 is 4.74 Å². The van der Waals surface area contributed by atoms with E-state index in [2.05, 4.69) is 18.8 Å². The number of aromatic nitrogens is 1. The summed E-state index contributed by atoms with van der Waals surface area (Å²) in [7, 11) is 1.74. The van der Waals surface area contributed by atoms with Gasteiger partial charge in [0.25, 0.3) is 0 Å². The van der Waals surface area contributed by atoms with Gasteiger partial charge in [0.05, 0.1) is 7.11 Å². The standard InChI is InChI=1S/C17H28N2O/c1-12-5-7-17(11-18,8-6-12)9-15-14(3)16(20-4)13(2)10-19-15/h10,12H,5-9,11,18H2,1-4H3. The van der Waals surface area contributed by atoms with Gasteiger partial charge in [0.15, 0.2) is 0 Å². The molecule has 0 saturated heterocycles.